The molecular weight excluding hydrogens is 320 g/mol. The van der Waals surface area contributed by atoms with Crippen LogP contribution in [0.2, 0.25) is 5.02 Å². The Bertz CT molecular complexity index is 841. The quantitative estimate of drug-likeness (QED) is 0.670. The van der Waals surface area contributed by atoms with Gasteiger partial charge < -0.3 is 14.2 Å². The third-order valence-corrected chi connectivity index (χ3v) is 4.71. The fourth-order valence-electron chi connectivity index (χ4n) is 3.12. The Morgan fingerprint density at radius 3 is 2.62 bits per heavy atom. The largest absolute Gasteiger partial charge is 0.352 e. The van der Waals surface area contributed by atoms with Gasteiger partial charge in [0, 0.05) is 30.2 Å². The second-order valence-corrected chi connectivity index (χ2v) is 6.46. The lowest BCUT2D eigenvalue weighted by atomic mass is 10.2. The van der Waals surface area contributed by atoms with Gasteiger partial charge in [0.15, 0.2) is 6.23 Å². The third-order valence-electron chi connectivity index (χ3n) is 4.39. The molecule has 1 aliphatic rings. The summed E-state index contributed by atoms with van der Waals surface area (Å²) in [5.41, 5.74) is 4.56. The Morgan fingerprint density at radius 1 is 1.04 bits per heavy atom. The molecule has 3 nitrogen and oxygen atoms in total. The maximum absolute atomic E-state index is 6.30. The minimum atomic E-state index is -0.0588. The summed E-state index contributed by atoms with van der Waals surface area (Å²) < 4.78 is 8.04. The fraction of sp³-hybridized carbons (Fsp3) is 0.200. The smallest absolute Gasteiger partial charge is 0.158 e. The van der Waals surface area contributed by atoms with Crippen LogP contribution in [0.15, 0.2) is 67.0 Å². The average Bonchev–Trinajstić information content (AvgIpc) is 3.25. The highest BCUT2D eigenvalue weighted by Gasteiger charge is 2.27. The van der Waals surface area contributed by atoms with Gasteiger partial charge in [-0.15, -0.1) is 0 Å². The Hall–Kier alpha value is -2.23. The molecule has 1 aromatic heterocycles. The van der Waals surface area contributed by atoms with Gasteiger partial charge in [0.05, 0.1) is 17.3 Å². The van der Waals surface area contributed by atoms with Gasteiger partial charge in [0.1, 0.15) is 0 Å². The van der Waals surface area contributed by atoms with Crippen molar-refractivity contribution in [3.63, 3.8) is 0 Å². The molecule has 0 bridgehead atoms. The number of hydrogen-bond donors (Lipinski definition) is 0. The van der Waals surface area contributed by atoms with Crippen LogP contribution in [0.5, 0.6) is 0 Å². The summed E-state index contributed by atoms with van der Waals surface area (Å²) in [6.07, 6.45) is 4.07. The van der Waals surface area contributed by atoms with Crippen molar-refractivity contribution in [1.82, 2.24) is 4.57 Å². The number of para-hydroxylation sites is 1. The molecule has 0 radical (unpaired) electrons. The molecule has 24 heavy (non-hydrogen) atoms. The number of benzene rings is 2. The maximum atomic E-state index is 6.30. The molecule has 1 aliphatic heterocycles. The third kappa shape index (κ3) is 2.81. The van der Waals surface area contributed by atoms with E-state index in [0.717, 1.165) is 29.4 Å². The van der Waals surface area contributed by atoms with Crippen LogP contribution in [-0.4, -0.2) is 17.7 Å². The highest BCUT2D eigenvalue weighted by Crippen LogP contribution is 2.33. The van der Waals surface area contributed by atoms with Gasteiger partial charge in [-0.2, -0.15) is 0 Å². The second kappa shape index (κ2) is 6.34. The molecule has 2 aromatic carbocycles. The van der Waals surface area contributed by atoms with E-state index in [-0.39, 0.29) is 6.23 Å². The van der Waals surface area contributed by atoms with E-state index >= 15 is 0 Å². The summed E-state index contributed by atoms with van der Waals surface area (Å²) in [7, 11) is 0. The lowest BCUT2D eigenvalue weighted by Crippen LogP contribution is -2.22. The van der Waals surface area contributed by atoms with Crippen molar-refractivity contribution in [2.24, 2.45) is 0 Å². The first-order valence-corrected chi connectivity index (χ1v) is 8.48. The molecule has 4 rings (SSSR count). The Labute approximate surface area is 147 Å². The van der Waals surface area contributed by atoms with Crippen LogP contribution in [0.25, 0.3) is 5.69 Å². The highest BCUT2D eigenvalue weighted by molar-refractivity contribution is 6.32. The Balaban J connectivity index is 1.64. The van der Waals surface area contributed by atoms with Crippen molar-refractivity contribution >= 4 is 17.3 Å². The predicted octanol–water partition coefficient (Wildman–Crippen LogP) is 4.97. The molecular formula is C20H19ClN2O. The van der Waals surface area contributed by atoms with Crippen LogP contribution in [0.1, 0.15) is 17.4 Å². The van der Waals surface area contributed by atoms with E-state index in [0.29, 0.717) is 0 Å². The van der Waals surface area contributed by atoms with Crippen molar-refractivity contribution in [3.8, 4) is 5.69 Å². The molecule has 0 aliphatic carbocycles. The summed E-state index contributed by atoms with van der Waals surface area (Å²) in [6.45, 7) is 3.73. The highest BCUT2D eigenvalue weighted by atomic mass is 35.5. The maximum Gasteiger partial charge on any atom is 0.158 e. The summed E-state index contributed by atoms with van der Waals surface area (Å²) in [6, 6.07) is 18.5. The molecule has 0 spiro atoms. The average molecular weight is 339 g/mol. The van der Waals surface area contributed by atoms with Gasteiger partial charge >= 0.3 is 0 Å². The minimum absolute atomic E-state index is 0.0588. The number of nitrogens with zero attached hydrogens (tertiary/aromatic N) is 2. The van der Waals surface area contributed by atoms with E-state index in [1.807, 2.05) is 35.0 Å². The number of hydrogen-bond acceptors (Lipinski definition) is 2. The van der Waals surface area contributed by atoms with Gasteiger partial charge in [0.25, 0.3) is 0 Å². The number of ether oxygens (including phenoxy) is 1. The first-order valence-electron chi connectivity index (χ1n) is 8.10. The number of aromatic nitrogens is 1. The summed E-state index contributed by atoms with van der Waals surface area (Å²) >= 11 is 6.30. The van der Waals surface area contributed by atoms with Crippen LogP contribution in [0.4, 0.5) is 5.69 Å². The van der Waals surface area contributed by atoms with Crippen molar-refractivity contribution in [1.29, 1.82) is 0 Å². The minimum Gasteiger partial charge on any atom is -0.352 e. The number of halogens is 1. The van der Waals surface area contributed by atoms with Crippen LogP contribution in [0.3, 0.4) is 0 Å². The van der Waals surface area contributed by atoms with E-state index in [4.69, 9.17) is 16.3 Å². The first kappa shape index (κ1) is 15.3. The van der Waals surface area contributed by atoms with Crippen molar-refractivity contribution in [2.45, 2.75) is 13.2 Å². The molecule has 4 heteroatoms. The Morgan fingerprint density at radius 2 is 1.83 bits per heavy atom. The van der Waals surface area contributed by atoms with Gasteiger partial charge in [-0.25, -0.2) is 0 Å². The molecule has 0 amide bonds. The fourth-order valence-corrected chi connectivity index (χ4v) is 3.35. The number of rotatable bonds is 3. The van der Waals surface area contributed by atoms with E-state index < -0.39 is 0 Å². The van der Waals surface area contributed by atoms with Crippen LogP contribution >= 0.6 is 11.6 Å². The molecule has 1 saturated heterocycles. The van der Waals surface area contributed by atoms with Crippen molar-refractivity contribution in [2.75, 3.05) is 18.1 Å². The zero-order valence-electron chi connectivity index (χ0n) is 13.5. The first-order chi connectivity index (χ1) is 11.7. The summed E-state index contributed by atoms with van der Waals surface area (Å²) in [5, 5.41) is 0.738. The normalized spacial score (nSPS) is 17.4. The zero-order valence-corrected chi connectivity index (χ0v) is 14.3. The van der Waals surface area contributed by atoms with Crippen LogP contribution in [-0.2, 0) is 4.74 Å². The summed E-state index contributed by atoms with van der Waals surface area (Å²) in [4.78, 5) is 2.30. The molecule has 1 unspecified atom stereocenters. The molecule has 0 saturated carbocycles. The van der Waals surface area contributed by atoms with Crippen molar-refractivity contribution < 1.29 is 4.74 Å². The van der Waals surface area contributed by atoms with Gasteiger partial charge in [-0.05, 0) is 37.3 Å². The van der Waals surface area contributed by atoms with E-state index in [1.165, 1.54) is 11.3 Å². The van der Waals surface area contributed by atoms with Gasteiger partial charge in [-0.1, -0.05) is 41.4 Å². The molecule has 0 N–H and O–H groups in total. The zero-order chi connectivity index (χ0) is 16.5. The molecule has 122 valence electrons. The molecule has 1 fully saturated rings. The van der Waals surface area contributed by atoms with E-state index in [2.05, 4.69) is 48.4 Å². The standard InChI is InChI=1S/C20H19ClN2O/c1-15-6-8-17(9-7-15)23-12-13-24-20(23)16-10-11-22(14-16)19-5-3-2-4-18(19)21/h2-11,14,20H,12-13H2,1H3. The molecule has 2 heterocycles. The number of anilines is 1. The second-order valence-electron chi connectivity index (χ2n) is 6.06. The molecule has 3 aromatic rings. The summed E-state index contributed by atoms with van der Waals surface area (Å²) in [5.74, 6) is 0. The topological polar surface area (TPSA) is 17.4 Å². The van der Waals surface area contributed by atoms with Crippen LogP contribution in [0, 0.1) is 6.92 Å². The van der Waals surface area contributed by atoms with Crippen LogP contribution < -0.4 is 4.90 Å². The van der Waals surface area contributed by atoms with Gasteiger partial charge in [0.2, 0.25) is 0 Å². The number of aryl methyl sites for hydroxylation is 1. The van der Waals surface area contributed by atoms with Crippen molar-refractivity contribution in [3.05, 3.63) is 83.1 Å². The SMILES string of the molecule is Cc1ccc(N2CCOC2c2ccn(-c3ccccc3Cl)c2)cc1. The molecule has 1 atom stereocenters. The van der Waals surface area contributed by atoms with Gasteiger partial charge in [-0.3, -0.25) is 0 Å². The lowest BCUT2D eigenvalue weighted by Gasteiger charge is -2.24. The van der Waals surface area contributed by atoms with E-state index in [1.54, 1.807) is 0 Å². The predicted molar refractivity (Wildman–Crippen MR) is 98.0 cm³/mol. The Kier molecular flexibility index (Phi) is 4.05. The monoisotopic (exact) mass is 338 g/mol. The van der Waals surface area contributed by atoms with E-state index in [9.17, 15) is 0 Å². The lowest BCUT2D eigenvalue weighted by molar-refractivity contribution is 0.114.